The average molecular weight is 868 g/mol. The number of fused-ring (bicyclic) bond motifs is 6. The quantitative estimate of drug-likeness (QED) is 0.152. The molecule has 0 radical (unpaired) electrons. The van der Waals surface area contributed by atoms with Gasteiger partial charge in [0.2, 0.25) is 5.82 Å². The summed E-state index contributed by atoms with van der Waals surface area (Å²) in [7, 11) is 1.55. The number of aliphatic imine (C=N–C) groups is 1. The highest BCUT2D eigenvalue weighted by atomic mass is 127. The van der Waals surface area contributed by atoms with Crippen molar-refractivity contribution in [2.45, 2.75) is 25.3 Å². The molecular formula is C41H32BF2IN4O7. The van der Waals surface area contributed by atoms with Gasteiger partial charge in [0.1, 0.15) is 17.2 Å². The second-order valence-electron chi connectivity index (χ2n) is 13.4. The minimum atomic E-state index is -4.60. The molecule has 0 unspecified atom stereocenters. The van der Waals surface area contributed by atoms with Crippen molar-refractivity contribution >= 4 is 70.3 Å². The van der Waals surface area contributed by atoms with E-state index in [2.05, 4.69) is 27.9 Å². The van der Waals surface area contributed by atoms with Crippen LogP contribution in [-0.2, 0) is 27.2 Å². The standard InChI is InChI=1S/C41H32BF2IN4O7/c1-55-27-15-12-25(13-16-27)37-36(45)35(24-10-6-3-7-11-24)40-47-39-34(23-8-4-2-5-9-23)30-18-14-26-20-28(56-22-32(50)46-31(41(53)54)21-33(51)52)17-19-29(26)38(30)49(39)42(43,44)48(37)40/h2-13,15-17,19-20,31H,14,18,21-22H2,1H3,(H,46,50)(H,51,52)(H,53,54)/t31-/m0/s1. The number of carbonyl (C=O) groups excluding carboxylic acids is 3. The number of amides is 1. The van der Waals surface area contributed by atoms with E-state index in [0.717, 1.165) is 25.7 Å². The summed E-state index contributed by atoms with van der Waals surface area (Å²) in [5, 5.41) is 24.2. The molecule has 1 aliphatic carbocycles. The van der Waals surface area contributed by atoms with E-state index in [4.69, 9.17) is 14.5 Å². The third-order valence-corrected chi connectivity index (χ3v) is 11.1. The molecule has 3 heterocycles. The maximum Gasteiger partial charge on any atom is 1.00 e. The van der Waals surface area contributed by atoms with Gasteiger partial charge >= 0.3 is 9.82 Å². The van der Waals surface area contributed by atoms with E-state index < -0.39 is 43.9 Å². The zero-order valence-electron chi connectivity index (χ0n) is 31.6. The lowest BCUT2D eigenvalue weighted by Crippen LogP contribution is -2.53. The molecule has 15 heteroatoms. The maximum absolute atomic E-state index is 18.1. The Morgan fingerprint density at radius 3 is 2.23 bits per heavy atom. The number of hydrogen-bond donors (Lipinski definition) is 1. The molecule has 3 aliphatic rings. The molecule has 4 aromatic carbocycles. The first-order valence-electron chi connectivity index (χ1n) is 17.6. The Hall–Kier alpha value is -6.10. The van der Waals surface area contributed by atoms with Gasteiger partial charge in [0.25, 0.3) is 11.7 Å². The highest BCUT2D eigenvalue weighted by Gasteiger charge is 2.56. The van der Waals surface area contributed by atoms with E-state index in [9.17, 15) is 24.6 Å². The van der Waals surface area contributed by atoms with Gasteiger partial charge in [0.05, 0.1) is 33.8 Å². The zero-order chi connectivity index (χ0) is 39.3. The van der Waals surface area contributed by atoms with Crippen LogP contribution in [0.2, 0.25) is 0 Å². The molecule has 1 amide bonds. The monoisotopic (exact) mass is 868 g/mol. The number of nitrogens with one attached hydrogen (secondary N) is 1. The number of amidine groups is 1. The van der Waals surface area contributed by atoms with E-state index in [0.29, 0.717) is 61.4 Å². The van der Waals surface area contributed by atoms with Crippen molar-refractivity contribution in [3.05, 3.63) is 129 Å². The molecule has 56 heavy (non-hydrogen) atoms. The van der Waals surface area contributed by atoms with Crippen molar-refractivity contribution in [2.24, 2.45) is 4.99 Å². The SMILES string of the molecule is COc1ccc(C2=[N+]3C(=Nc4c(-c5ccccc5)c5c(n4[B-]3(F)F)-c3ccc(OCC(=O)N[C@@H](CC(=O)[O-])C(=O)[O-])cc3CC5)C(c3ccccc3)=C2I)cc1.[H+].[H+]. The number of benzene rings is 4. The second kappa shape index (κ2) is 14.5. The topological polar surface area (TPSA) is 148 Å². The molecule has 1 aromatic heterocycles. The molecule has 0 saturated heterocycles. The molecule has 5 aromatic rings. The molecule has 11 nitrogen and oxygen atoms in total. The third-order valence-electron chi connectivity index (χ3n) is 10.1. The number of ether oxygens (including phenoxy) is 2. The summed E-state index contributed by atoms with van der Waals surface area (Å²) in [5.74, 6) is -3.22. The van der Waals surface area contributed by atoms with Gasteiger partial charge in [-0.3, -0.25) is 4.79 Å². The Morgan fingerprint density at radius 1 is 0.929 bits per heavy atom. The normalized spacial score (nSPS) is 15.5. The number of halogens is 3. The van der Waals surface area contributed by atoms with Crippen LogP contribution in [0.5, 0.6) is 11.5 Å². The van der Waals surface area contributed by atoms with E-state index in [-0.39, 0.29) is 20.3 Å². The van der Waals surface area contributed by atoms with Crippen molar-refractivity contribution in [1.29, 1.82) is 0 Å². The van der Waals surface area contributed by atoms with Crippen molar-refractivity contribution in [1.82, 2.24) is 9.79 Å². The number of aryl methyl sites for hydroxylation is 1. The number of carboxylic acid groups (broad SMARTS) is 2. The molecule has 2 aliphatic heterocycles. The lowest BCUT2D eigenvalue weighted by atomic mass is 9.85. The second-order valence-corrected chi connectivity index (χ2v) is 14.5. The predicted octanol–water partition coefficient (Wildman–Crippen LogP) is 4.54. The lowest BCUT2D eigenvalue weighted by Gasteiger charge is -2.33. The minimum Gasteiger partial charge on any atom is -0.550 e. The number of allylic oxidation sites excluding steroid dienone is 1. The molecule has 1 N–H and O–H groups in total. The molecule has 0 bridgehead atoms. The first kappa shape index (κ1) is 36.9. The smallest absolute Gasteiger partial charge is 0.550 e. The van der Waals surface area contributed by atoms with Crippen LogP contribution in [0, 0.1) is 0 Å². The van der Waals surface area contributed by atoms with Gasteiger partial charge in [-0.15, -0.1) is 0 Å². The van der Waals surface area contributed by atoms with Gasteiger partial charge in [-0.1, -0.05) is 60.7 Å². The van der Waals surface area contributed by atoms with E-state index >= 15 is 8.63 Å². The number of aromatic nitrogens is 1. The van der Waals surface area contributed by atoms with Crippen LogP contribution in [0.25, 0.3) is 28.0 Å². The summed E-state index contributed by atoms with van der Waals surface area (Å²) in [4.78, 5) is 39.8. The van der Waals surface area contributed by atoms with Gasteiger partial charge in [0.15, 0.2) is 6.61 Å². The van der Waals surface area contributed by atoms with Gasteiger partial charge in [-0.25, -0.2) is 0 Å². The lowest BCUT2D eigenvalue weighted by molar-refractivity contribution is -0.317. The summed E-state index contributed by atoms with van der Waals surface area (Å²) in [6, 6.07) is 28.9. The van der Waals surface area contributed by atoms with Crippen molar-refractivity contribution < 1.29 is 50.0 Å². The van der Waals surface area contributed by atoms with Gasteiger partial charge < -0.3 is 52.2 Å². The number of aliphatic carboxylic acids is 2. The Labute approximate surface area is 335 Å². The summed E-state index contributed by atoms with van der Waals surface area (Å²) in [5.41, 5.74) is 5.91. The van der Waals surface area contributed by atoms with Crippen LogP contribution in [0.3, 0.4) is 0 Å². The van der Waals surface area contributed by atoms with Crippen molar-refractivity contribution in [3.8, 4) is 33.9 Å². The molecule has 8 rings (SSSR count). The Kier molecular flexibility index (Phi) is 9.56. The van der Waals surface area contributed by atoms with Gasteiger partial charge in [-0.2, -0.15) is 0 Å². The largest absolute Gasteiger partial charge is 1.00 e. The zero-order valence-corrected chi connectivity index (χ0v) is 31.8. The molecule has 0 spiro atoms. The molecule has 0 fully saturated rings. The van der Waals surface area contributed by atoms with E-state index in [1.165, 1.54) is 0 Å². The Bertz CT molecular complexity index is 2550. The van der Waals surface area contributed by atoms with Crippen molar-refractivity contribution in [2.75, 3.05) is 13.7 Å². The highest BCUT2D eigenvalue weighted by Crippen LogP contribution is 2.52. The van der Waals surface area contributed by atoms with Crippen LogP contribution in [0.4, 0.5) is 14.4 Å². The number of methoxy groups -OCH3 is 1. The fourth-order valence-electron chi connectivity index (χ4n) is 7.64. The summed E-state index contributed by atoms with van der Waals surface area (Å²) >= 11 is 2.15. The van der Waals surface area contributed by atoms with Crippen LogP contribution in [-0.4, -0.2) is 65.1 Å². The Balaban J connectivity index is 0.00000283. The number of carboxylic acids is 2. The third kappa shape index (κ3) is 6.34. The average Bonchev–Trinajstić information content (AvgIpc) is 3.70. The Morgan fingerprint density at radius 2 is 1.59 bits per heavy atom. The molecular weight excluding hydrogens is 836 g/mol. The van der Waals surface area contributed by atoms with Crippen LogP contribution < -0.4 is 25.0 Å². The summed E-state index contributed by atoms with van der Waals surface area (Å²) in [6.07, 6.45) is -0.111. The maximum atomic E-state index is 18.1. The van der Waals surface area contributed by atoms with Crippen LogP contribution in [0.15, 0.2) is 112 Å². The number of carbonyl (C=O) groups is 3. The number of rotatable bonds is 11. The van der Waals surface area contributed by atoms with E-state index in [1.54, 1.807) is 49.6 Å². The molecule has 282 valence electrons. The fraction of sp³-hybridized carbons (Fsp3) is 0.146. The summed E-state index contributed by atoms with van der Waals surface area (Å²) < 4.78 is 50.0. The molecule has 0 saturated carbocycles. The first-order chi connectivity index (χ1) is 27.0. The number of nitrogens with zero attached hydrogens (tertiary/aromatic N) is 3. The van der Waals surface area contributed by atoms with Crippen LogP contribution in [0.1, 0.15) is 31.5 Å². The predicted molar refractivity (Wildman–Crippen MR) is 212 cm³/mol. The molecule has 1 atom stereocenters. The minimum absolute atomic E-state index is 0. The highest BCUT2D eigenvalue weighted by molar-refractivity contribution is 14.1. The number of hydrogen-bond acceptors (Lipinski definition) is 8. The van der Waals surface area contributed by atoms with Gasteiger partial charge in [0, 0.05) is 23.6 Å². The summed E-state index contributed by atoms with van der Waals surface area (Å²) in [6.45, 7) is -5.24. The van der Waals surface area contributed by atoms with Crippen LogP contribution >= 0.6 is 22.6 Å². The fourth-order valence-corrected chi connectivity index (χ4v) is 8.76. The van der Waals surface area contributed by atoms with Gasteiger partial charge in [-0.05, 0) is 111 Å². The van der Waals surface area contributed by atoms with E-state index in [1.807, 2.05) is 60.7 Å². The van der Waals surface area contributed by atoms with Crippen molar-refractivity contribution in [3.63, 3.8) is 0 Å². The first-order valence-corrected chi connectivity index (χ1v) is 18.7.